The molecule has 4 rings (SSSR count). The van der Waals surface area contributed by atoms with Crippen LogP contribution in [0.15, 0.2) is 47.4 Å². The van der Waals surface area contributed by atoms with Crippen molar-refractivity contribution in [3.63, 3.8) is 0 Å². The summed E-state index contributed by atoms with van der Waals surface area (Å²) in [5.41, 5.74) is 0.571. The van der Waals surface area contributed by atoms with Crippen LogP contribution in [-0.4, -0.2) is 64.2 Å². The van der Waals surface area contributed by atoms with Crippen molar-refractivity contribution in [2.24, 2.45) is 0 Å². The van der Waals surface area contributed by atoms with Gasteiger partial charge in [0.15, 0.2) is 0 Å². The van der Waals surface area contributed by atoms with Crippen LogP contribution in [0.3, 0.4) is 0 Å². The molecule has 2 N–H and O–H groups in total. The zero-order valence-corrected chi connectivity index (χ0v) is 22.4. The van der Waals surface area contributed by atoms with Crippen molar-refractivity contribution in [2.45, 2.75) is 69.7 Å². The number of ether oxygens (including phenoxy) is 1. The molecule has 1 saturated heterocycles. The second kappa shape index (κ2) is 10.7. The molecular formula is C26H31FN4O6S. The molecule has 0 bridgehead atoms. The molecule has 1 aromatic heterocycles. The topological polar surface area (TPSA) is 131 Å². The number of halogens is 1. The smallest absolute Gasteiger partial charge is 0.309 e. The van der Waals surface area contributed by atoms with Crippen molar-refractivity contribution in [1.29, 1.82) is 0 Å². The van der Waals surface area contributed by atoms with Gasteiger partial charge < -0.3 is 15.2 Å². The first-order valence-corrected chi connectivity index (χ1v) is 13.8. The minimum absolute atomic E-state index is 0.000429. The van der Waals surface area contributed by atoms with Crippen molar-refractivity contribution in [2.75, 3.05) is 6.54 Å². The number of rotatable bonds is 9. The lowest BCUT2D eigenvalue weighted by Crippen LogP contribution is -2.47. The van der Waals surface area contributed by atoms with Crippen LogP contribution in [0.5, 0.6) is 5.75 Å². The number of nitrogens with zero attached hydrogens (tertiary/aromatic N) is 3. The van der Waals surface area contributed by atoms with Gasteiger partial charge in [-0.15, -0.1) is 0 Å². The summed E-state index contributed by atoms with van der Waals surface area (Å²) in [5.74, 6) is -1.58. The number of carboxylic acid groups (broad SMARTS) is 1. The van der Waals surface area contributed by atoms with Gasteiger partial charge >= 0.3 is 5.97 Å². The summed E-state index contributed by atoms with van der Waals surface area (Å²) in [5, 5.41) is 17.0. The average molecular weight is 547 g/mol. The van der Waals surface area contributed by atoms with E-state index in [0.29, 0.717) is 16.7 Å². The molecule has 0 unspecified atom stereocenters. The normalized spacial score (nSPS) is 18.4. The standard InChI is InChI=1S/C26H31FN4O6S/c1-15(2)28-26(34)24-12-18(31-23-11-17(27)5-10-21(23)22(29-31)13-25(32)33)14-30(24)38(35,36)20-8-6-19(7-9-20)37-16(3)4/h5-11,15-16,18,24H,12-14H2,1-4H3,(H,28,34)(H,32,33)/t18-,24+/m1/s1. The molecule has 1 fully saturated rings. The first kappa shape index (κ1) is 27.5. The zero-order chi connectivity index (χ0) is 27.8. The van der Waals surface area contributed by atoms with Crippen LogP contribution in [0.2, 0.25) is 0 Å². The van der Waals surface area contributed by atoms with Gasteiger partial charge in [-0.2, -0.15) is 9.40 Å². The second-order valence-electron chi connectivity index (χ2n) is 9.90. The summed E-state index contributed by atoms with van der Waals surface area (Å²) in [4.78, 5) is 24.6. The molecule has 2 aromatic carbocycles. The Balaban J connectivity index is 1.74. The summed E-state index contributed by atoms with van der Waals surface area (Å²) in [6, 6.07) is 8.00. The Kier molecular flexibility index (Phi) is 7.75. The Bertz CT molecular complexity index is 1450. The molecule has 12 heteroatoms. The van der Waals surface area contributed by atoms with Crippen LogP contribution in [-0.2, 0) is 26.0 Å². The molecule has 0 aliphatic carbocycles. The number of carboxylic acids is 1. The highest BCUT2D eigenvalue weighted by Gasteiger charge is 2.45. The van der Waals surface area contributed by atoms with Gasteiger partial charge in [-0.05, 0) is 76.6 Å². The first-order chi connectivity index (χ1) is 17.9. The number of hydrogen-bond acceptors (Lipinski definition) is 6. The van der Waals surface area contributed by atoms with Gasteiger partial charge in [0, 0.05) is 18.0 Å². The Hall–Kier alpha value is -3.51. The Morgan fingerprint density at radius 2 is 1.84 bits per heavy atom. The summed E-state index contributed by atoms with van der Waals surface area (Å²) in [7, 11) is -4.12. The Morgan fingerprint density at radius 1 is 1.16 bits per heavy atom. The van der Waals surface area contributed by atoms with Crippen LogP contribution < -0.4 is 10.1 Å². The van der Waals surface area contributed by atoms with Crippen LogP contribution in [0.25, 0.3) is 10.9 Å². The third kappa shape index (κ3) is 5.65. The molecular weight excluding hydrogens is 515 g/mol. The summed E-state index contributed by atoms with van der Waals surface area (Å²) in [6.45, 7) is 7.17. The van der Waals surface area contributed by atoms with Crippen molar-refractivity contribution in [1.82, 2.24) is 19.4 Å². The number of aliphatic carboxylic acids is 1. The van der Waals surface area contributed by atoms with E-state index in [2.05, 4.69) is 10.4 Å². The average Bonchev–Trinajstić information content (AvgIpc) is 3.41. The van der Waals surface area contributed by atoms with E-state index in [4.69, 9.17) is 4.74 Å². The highest BCUT2D eigenvalue weighted by molar-refractivity contribution is 7.89. The number of amides is 1. The predicted octanol–water partition coefficient (Wildman–Crippen LogP) is 3.12. The fourth-order valence-electron chi connectivity index (χ4n) is 4.67. The molecule has 3 aromatic rings. The molecule has 0 saturated carbocycles. The number of aromatic nitrogens is 2. The fourth-order valence-corrected chi connectivity index (χ4v) is 6.31. The minimum atomic E-state index is -4.12. The van der Waals surface area contributed by atoms with Gasteiger partial charge in [-0.1, -0.05) is 0 Å². The van der Waals surface area contributed by atoms with Crippen LogP contribution in [0.1, 0.15) is 45.9 Å². The monoisotopic (exact) mass is 546 g/mol. The van der Waals surface area contributed by atoms with Crippen molar-refractivity contribution in [3.8, 4) is 5.75 Å². The van der Waals surface area contributed by atoms with Crippen molar-refractivity contribution in [3.05, 3.63) is 54.0 Å². The second-order valence-corrected chi connectivity index (χ2v) is 11.8. The van der Waals surface area contributed by atoms with Gasteiger partial charge in [0.05, 0.1) is 34.7 Å². The number of hydrogen-bond donors (Lipinski definition) is 2. The Labute approximate surface area is 220 Å². The lowest BCUT2D eigenvalue weighted by molar-refractivity contribution is -0.136. The van der Waals surface area contributed by atoms with Crippen molar-refractivity contribution >= 4 is 32.8 Å². The maximum atomic E-state index is 14.2. The number of carbonyl (C=O) groups excluding carboxylic acids is 1. The van der Waals surface area contributed by atoms with E-state index < -0.39 is 39.8 Å². The van der Waals surface area contributed by atoms with Gasteiger partial charge in [0.1, 0.15) is 17.6 Å². The molecule has 1 amide bonds. The molecule has 0 radical (unpaired) electrons. The first-order valence-electron chi connectivity index (χ1n) is 12.3. The van der Waals surface area contributed by atoms with E-state index in [1.54, 1.807) is 26.0 Å². The molecule has 38 heavy (non-hydrogen) atoms. The van der Waals surface area contributed by atoms with Gasteiger partial charge in [0.25, 0.3) is 0 Å². The Morgan fingerprint density at radius 3 is 2.45 bits per heavy atom. The predicted molar refractivity (Wildman–Crippen MR) is 138 cm³/mol. The molecule has 0 spiro atoms. The van der Waals surface area contributed by atoms with E-state index >= 15 is 0 Å². The van der Waals surface area contributed by atoms with Gasteiger partial charge in [-0.25, -0.2) is 12.8 Å². The lowest BCUT2D eigenvalue weighted by Gasteiger charge is -2.24. The van der Waals surface area contributed by atoms with Crippen LogP contribution >= 0.6 is 0 Å². The largest absolute Gasteiger partial charge is 0.491 e. The fraction of sp³-hybridized carbons (Fsp3) is 0.423. The number of nitrogens with one attached hydrogen (secondary N) is 1. The third-order valence-electron chi connectivity index (χ3n) is 6.18. The highest BCUT2D eigenvalue weighted by Crippen LogP contribution is 2.35. The summed E-state index contributed by atoms with van der Waals surface area (Å²) in [6.07, 6.45) is -0.390. The van der Waals surface area contributed by atoms with E-state index in [9.17, 15) is 27.5 Å². The van der Waals surface area contributed by atoms with Crippen molar-refractivity contribution < 1.29 is 32.2 Å². The van der Waals surface area contributed by atoms with E-state index in [1.165, 1.54) is 35.0 Å². The van der Waals surface area contributed by atoms with Gasteiger partial charge in [-0.3, -0.25) is 14.3 Å². The summed E-state index contributed by atoms with van der Waals surface area (Å²) >= 11 is 0. The quantitative estimate of drug-likeness (QED) is 0.422. The number of carbonyl (C=O) groups is 2. The zero-order valence-electron chi connectivity index (χ0n) is 21.6. The van der Waals surface area contributed by atoms with E-state index in [1.807, 2.05) is 13.8 Å². The molecule has 1 aliphatic rings. The summed E-state index contributed by atoms with van der Waals surface area (Å²) < 4.78 is 49.9. The molecule has 204 valence electrons. The minimum Gasteiger partial charge on any atom is -0.491 e. The third-order valence-corrected chi connectivity index (χ3v) is 8.07. The number of sulfonamides is 1. The highest BCUT2D eigenvalue weighted by atomic mass is 32.2. The van der Waals surface area contributed by atoms with E-state index in [0.717, 1.165) is 4.31 Å². The molecule has 2 atom stereocenters. The molecule has 10 nitrogen and oxygen atoms in total. The van der Waals surface area contributed by atoms with Crippen LogP contribution in [0.4, 0.5) is 4.39 Å². The lowest BCUT2D eigenvalue weighted by atomic mass is 10.1. The molecule has 1 aliphatic heterocycles. The van der Waals surface area contributed by atoms with Crippen LogP contribution in [0, 0.1) is 5.82 Å². The molecule has 2 heterocycles. The van der Waals surface area contributed by atoms with E-state index in [-0.39, 0.29) is 42.1 Å². The SMILES string of the molecule is CC(C)NC(=O)[C@@H]1C[C@@H](n2nc(CC(=O)O)c3ccc(F)cc32)CN1S(=O)(=O)c1ccc(OC(C)C)cc1. The maximum absolute atomic E-state index is 14.2. The maximum Gasteiger partial charge on any atom is 0.309 e. The number of benzene rings is 2. The number of fused-ring (bicyclic) bond motifs is 1. The van der Waals surface area contributed by atoms with Gasteiger partial charge in [0.2, 0.25) is 15.9 Å².